The molecule has 1 aromatic carbocycles. The largest absolute Gasteiger partial charge is 0.480 e. The van der Waals surface area contributed by atoms with Crippen molar-refractivity contribution in [3.05, 3.63) is 53.2 Å². The number of aryl methyl sites for hydroxylation is 1. The van der Waals surface area contributed by atoms with Crippen LogP contribution in [-0.4, -0.2) is 54.0 Å². The van der Waals surface area contributed by atoms with Gasteiger partial charge in [-0.25, -0.2) is 4.98 Å². The number of benzene rings is 1. The summed E-state index contributed by atoms with van der Waals surface area (Å²) < 4.78 is 5.94. The highest BCUT2D eigenvalue weighted by Gasteiger charge is 2.34. The quantitative estimate of drug-likeness (QED) is 0.880. The van der Waals surface area contributed by atoms with E-state index in [2.05, 4.69) is 4.98 Å². The maximum atomic E-state index is 12.9. The highest BCUT2D eigenvalue weighted by molar-refractivity contribution is 5.97. The second kappa shape index (κ2) is 6.90. The minimum absolute atomic E-state index is 0.0152. The van der Waals surface area contributed by atoms with Crippen LogP contribution in [-0.2, 0) is 11.2 Å². The van der Waals surface area contributed by atoms with Gasteiger partial charge in [0.25, 0.3) is 11.8 Å². The lowest BCUT2D eigenvalue weighted by atomic mass is 10.1. The lowest BCUT2D eigenvalue weighted by Gasteiger charge is -2.36. The Kier molecular flexibility index (Phi) is 4.43. The number of hydrogen-bond donors (Lipinski definition) is 1. The van der Waals surface area contributed by atoms with Crippen molar-refractivity contribution in [2.45, 2.75) is 19.4 Å². The van der Waals surface area contributed by atoms with Crippen LogP contribution in [0.4, 0.5) is 5.82 Å². The van der Waals surface area contributed by atoms with Crippen molar-refractivity contribution in [1.82, 2.24) is 9.88 Å². The fourth-order valence-electron chi connectivity index (χ4n) is 3.75. The molecule has 1 atom stereocenters. The zero-order valence-corrected chi connectivity index (χ0v) is 15.2. The molecule has 1 fully saturated rings. The van der Waals surface area contributed by atoms with Gasteiger partial charge in [0.05, 0.1) is 5.56 Å². The van der Waals surface area contributed by atoms with Crippen LogP contribution in [0.2, 0.25) is 0 Å². The summed E-state index contributed by atoms with van der Waals surface area (Å²) in [5, 5.41) is 0. The van der Waals surface area contributed by atoms with Crippen LogP contribution in [0.5, 0.6) is 5.75 Å². The minimum Gasteiger partial charge on any atom is -0.480 e. The predicted octanol–water partition coefficient (Wildman–Crippen LogP) is 1.14. The predicted molar refractivity (Wildman–Crippen MR) is 101 cm³/mol. The van der Waals surface area contributed by atoms with E-state index in [0.717, 1.165) is 16.9 Å². The molecular formula is C20H22N4O3. The van der Waals surface area contributed by atoms with Crippen LogP contribution in [0.3, 0.4) is 0 Å². The van der Waals surface area contributed by atoms with Crippen LogP contribution in [0.15, 0.2) is 36.5 Å². The number of pyridine rings is 1. The zero-order valence-electron chi connectivity index (χ0n) is 15.2. The normalized spacial score (nSPS) is 18.8. The molecule has 0 saturated carbocycles. The molecule has 1 saturated heterocycles. The number of anilines is 1. The van der Waals surface area contributed by atoms with Gasteiger partial charge in [0.2, 0.25) is 0 Å². The molecule has 140 valence electrons. The Morgan fingerprint density at radius 1 is 1.15 bits per heavy atom. The molecule has 7 nitrogen and oxygen atoms in total. The average molecular weight is 366 g/mol. The fraction of sp³-hybridized carbons (Fsp3) is 0.350. The van der Waals surface area contributed by atoms with Gasteiger partial charge >= 0.3 is 0 Å². The first-order valence-corrected chi connectivity index (χ1v) is 9.08. The van der Waals surface area contributed by atoms with Crippen molar-refractivity contribution < 1.29 is 14.3 Å². The van der Waals surface area contributed by atoms with E-state index in [0.29, 0.717) is 44.0 Å². The molecule has 0 spiro atoms. The number of fused-ring (bicyclic) bond motifs is 1. The van der Waals surface area contributed by atoms with Gasteiger partial charge in [-0.1, -0.05) is 18.2 Å². The number of piperazine rings is 1. The number of aromatic nitrogens is 1. The molecule has 0 radical (unpaired) electrons. The van der Waals surface area contributed by atoms with E-state index in [9.17, 15) is 9.59 Å². The maximum Gasteiger partial charge on any atom is 0.264 e. The van der Waals surface area contributed by atoms with Gasteiger partial charge in [-0.3, -0.25) is 9.59 Å². The Balaban J connectivity index is 1.41. The number of nitrogens with zero attached hydrogens (tertiary/aromatic N) is 3. The topological polar surface area (TPSA) is 88.8 Å². The van der Waals surface area contributed by atoms with Crippen molar-refractivity contribution in [3.8, 4) is 5.75 Å². The third kappa shape index (κ3) is 3.20. The Hall–Kier alpha value is -3.09. The van der Waals surface area contributed by atoms with Gasteiger partial charge in [-0.2, -0.15) is 0 Å². The van der Waals surface area contributed by atoms with E-state index in [4.69, 9.17) is 10.5 Å². The molecule has 27 heavy (non-hydrogen) atoms. The molecule has 2 aliphatic heterocycles. The molecule has 2 amide bonds. The van der Waals surface area contributed by atoms with Gasteiger partial charge in [0.1, 0.15) is 11.6 Å². The molecule has 1 unspecified atom stereocenters. The molecule has 2 N–H and O–H groups in total. The van der Waals surface area contributed by atoms with Crippen molar-refractivity contribution >= 4 is 17.6 Å². The zero-order chi connectivity index (χ0) is 19.0. The Morgan fingerprint density at radius 2 is 1.93 bits per heavy atom. The second-order valence-corrected chi connectivity index (χ2v) is 6.92. The minimum atomic E-state index is -0.496. The van der Waals surface area contributed by atoms with Crippen LogP contribution in [0.25, 0.3) is 0 Å². The Labute approximate surface area is 157 Å². The summed E-state index contributed by atoms with van der Waals surface area (Å²) in [6.45, 7) is 4.31. The number of amides is 2. The van der Waals surface area contributed by atoms with E-state index in [-0.39, 0.29) is 5.91 Å². The first-order valence-electron chi connectivity index (χ1n) is 9.08. The number of nitrogens with two attached hydrogens (primary N) is 1. The second-order valence-electron chi connectivity index (χ2n) is 6.92. The smallest absolute Gasteiger partial charge is 0.264 e. The van der Waals surface area contributed by atoms with Crippen molar-refractivity contribution in [1.29, 1.82) is 0 Å². The van der Waals surface area contributed by atoms with Crippen LogP contribution in [0, 0.1) is 6.92 Å². The van der Waals surface area contributed by atoms with Crippen molar-refractivity contribution in [2.75, 3.05) is 31.1 Å². The van der Waals surface area contributed by atoms with E-state index in [1.165, 1.54) is 0 Å². The molecule has 0 aliphatic carbocycles. The summed E-state index contributed by atoms with van der Waals surface area (Å²) in [5.41, 5.74) is 8.00. The number of hydrogen-bond acceptors (Lipinski definition) is 5. The summed E-state index contributed by atoms with van der Waals surface area (Å²) in [7, 11) is 0. The third-order valence-corrected chi connectivity index (χ3v) is 5.18. The molecule has 4 rings (SSSR count). The molecule has 7 heteroatoms. The van der Waals surface area contributed by atoms with E-state index >= 15 is 0 Å². The van der Waals surface area contributed by atoms with Crippen LogP contribution >= 0.6 is 0 Å². The summed E-state index contributed by atoms with van der Waals surface area (Å²) >= 11 is 0. The number of primary amides is 1. The molecule has 2 aliphatic rings. The first kappa shape index (κ1) is 17.3. The van der Waals surface area contributed by atoms with Crippen molar-refractivity contribution in [2.24, 2.45) is 5.73 Å². The number of rotatable bonds is 3. The number of ether oxygens (including phenoxy) is 1. The lowest BCUT2D eigenvalue weighted by molar-refractivity contribution is -0.138. The summed E-state index contributed by atoms with van der Waals surface area (Å²) in [6, 6.07) is 9.37. The highest BCUT2D eigenvalue weighted by atomic mass is 16.5. The molecule has 1 aromatic heterocycles. The molecule has 0 bridgehead atoms. The number of carbonyl (C=O) groups excluding carboxylic acids is 2. The van der Waals surface area contributed by atoms with Gasteiger partial charge in [0.15, 0.2) is 6.10 Å². The molecule has 2 aromatic rings. The SMILES string of the molecule is Cc1cccc2c1OC(C(=O)N1CCN(c3ncccc3C(N)=O)CC1)C2. The van der Waals surface area contributed by atoms with Crippen molar-refractivity contribution in [3.63, 3.8) is 0 Å². The highest BCUT2D eigenvalue weighted by Crippen LogP contribution is 2.32. The van der Waals surface area contributed by atoms with Gasteiger partial charge < -0.3 is 20.3 Å². The number of para-hydroxylation sites is 1. The van der Waals surface area contributed by atoms with E-state index in [1.54, 1.807) is 18.3 Å². The Bertz CT molecular complexity index is 891. The monoisotopic (exact) mass is 366 g/mol. The van der Waals surface area contributed by atoms with Gasteiger partial charge in [-0.15, -0.1) is 0 Å². The summed E-state index contributed by atoms with van der Waals surface area (Å²) in [6.07, 6.45) is 1.80. The fourth-order valence-corrected chi connectivity index (χ4v) is 3.75. The summed E-state index contributed by atoms with van der Waals surface area (Å²) in [4.78, 5) is 32.6. The Morgan fingerprint density at radius 3 is 2.63 bits per heavy atom. The lowest BCUT2D eigenvalue weighted by Crippen LogP contribution is -2.52. The molecule has 3 heterocycles. The first-order chi connectivity index (χ1) is 13.0. The van der Waals surface area contributed by atoms with E-state index in [1.807, 2.05) is 34.9 Å². The molecular weight excluding hydrogens is 344 g/mol. The third-order valence-electron chi connectivity index (χ3n) is 5.18. The summed E-state index contributed by atoms with van der Waals surface area (Å²) in [5.74, 6) is 0.941. The van der Waals surface area contributed by atoms with Crippen LogP contribution < -0.4 is 15.4 Å². The maximum absolute atomic E-state index is 12.9. The van der Waals surface area contributed by atoms with Gasteiger partial charge in [0, 0.05) is 38.8 Å². The standard InChI is InChI=1S/C20H22N4O3/c1-13-4-2-5-14-12-16(27-17(13)14)20(26)24-10-8-23(9-11-24)19-15(18(21)25)6-3-7-22-19/h2-7,16H,8-12H2,1H3,(H2,21,25). The number of carbonyl (C=O) groups is 2. The van der Waals surface area contributed by atoms with Gasteiger partial charge in [-0.05, 0) is 30.2 Å². The van der Waals surface area contributed by atoms with E-state index < -0.39 is 12.0 Å². The van der Waals surface area contributed by atoms with Crippen LogP contribution in [0.1, 0.15) is 21.5 Å². The average Bonchev–Trinajstić information content (AvgIpc) is 3.13.